The van der Waals surface area contributed by atoms with Crippen molar-refractivity contribution in [2.24, 2.45) is 5.92 Å². The molecule has 0 amide bonds. The summed E-state index contributed by atoms with van der Waals surface area (Å²) < 4.78 is 0. The molecule has 2 heteroatoms. The number of hydrogen-bond donors (Lipinski definition) is 1. The molecule has 0 heterocycles. The fourth-order valence-electron chi connectivity index (χ4n) is 1.56. The van der Waals surface area contributed by atoms with Crippen LogP contribution in [0.2, 0.25) is 0 Å². The lowest BCUT2D eigenvalue weighted by Gasteiger charge is -2.10. The molecule has 1 aliphatic rings. The largest absolute Gasteiger partial charge is 0.383 e. The molecule has 14 heavy (non-hydrogen) atoms. The van der Waals surface area contributed by atoms with Crippen molar-refractivity contribution < 1.29 is 0 Å². The van der Waals surface area contributed by atoms with Gasteiger partial charge in [-0.2, -0.15) is 5.26 Å². The van der Waals surface area contributed by atoms with Crippen LogP contribution in [0.5, 0.6) is 0 Å². The predicted octanol–water partition coefficient (Wildman–Crippen LogP) is 2.69. The predicted molar refractivity (Wildman–Crippen MR) is 57.1 cm³/mol. The Bertz CT molecular complexity index is 372. The fourth-order valence-corrected chi connectivity index (χ4v) is 1.56. The van der Waals surface area contributed by atoms with E-state index in [0.717, 1.165) is 29.3 Å². The van der Waals surface area contributed by atoms with E-state index in [1.807, 2.05) is 25.1 Å². The van der Waals surface area contributed by atoms with Crippen molar-refractivity contribution in [3.05, 3.63) is 29.3 Å². The lowest BCUT2D eigenvalue weighted by atomic mass is 10.1. The summed E-state index contributed by atoms with van der Waals surface area (Å²) in [5, 5.41) is 12.3. The molecule has 1 N–H and O–H groups in total. The minimum Gasteiger partial charge on any atom is -0.383 e. The molecule has 72 valence electrons. The number of rotatable bonds is 3. The van der Waals surface area contributed by atoms with Crippen LogP contribution in [0.1, 0.15) is 24.0 Å². The molecule has 0 atom stereocenters. The van der Waals surface area contributed by atoms with E-state index >= 15 is 0 Å². The summed E-state index contributed by atoms with van der Waals surface area (Å²) in [5.74, 6) is 0.834. The van der Waals surface area contributed by atoms with E-state index in [2.05, 4.69) is 11.4 Å². The number of para-hydroxylation sites is 1. The maximum absolute atomic E-state index is 8.93. The average Bonchev–Trinajstić information content (AvgIpc) is 2.99. The maximum Gasteiger partial charge on any atom is 0.101 e. The number of anilines is 1. The molecule has 0 radical (unpaired) electrons. The molecule has 0 saturated heterocycles. The summed E-state index contributed by atoms with van der Waals surface area (Å²) in [6.45, 7) is 3.05. The number of nitrogens with one attached hydrogen (secondary N) is 1. The molecule has 1 aromatic rings. The Morgan fingerprint density at radius 2 is 2.29 bits per heavy atom. The minimum absolute atomic E-state index is 0.755. The first-order chi connectivity index (χ1) is 6.81. The number of nitrogens with zero attached hydrogens (tertiary/aromatic N) is 1. The lowest BCUT2D eigenvalue weighted by Crippen LogP contribution is -2.06. The number of nitriles is 1. The molecule has 0 aromatic heterocycles. The van der Waals surface area contributed by atoms with Gasteiger partial charge >= 0.3 is 0 Å². The normalized spacial score (nSPS) is 14.9. The maximum atomic E-state index is 8.93. The zero-order valence-electron chi connectivity index (χ0n) is 8.38. The van der Waals surface area contributed by atoms with Crippen LogP contribution in [0.3, 0.4) is 0 Å². The summed E-state index contributed by atoms with van der Waals surface area (Å²) in [7, 11) is 0. The molecule has 1 aromatic carbocycles. The van der Waals surface area contributed by atoms with Crippen LogP contribution in [0.15, 0.2) is 18.2 Å². The molecule has 2 nitrogen and oxygen atoms in total. The van der Waals surface area contributed by atoms with Gasteiger partial charge in [-0.15, -0.1) is 0 Å². The van der Waals surface area contributed by atoms with Gasteiger partial charge in [-0.1, -0.05) is 12.1 Å². The molecule has 0 unspecified atom stereocenters. The number of aryl methyl sites for hydroxylation is 1. The average molecular weight is 186 g/mol. The molecule has 2 rings (SSSR count). The van der Waals surface area contributed by atoms with Gasteiger partial charge in [0.05, 0.1) is 11.3 Å². The number of benzene rings is 1. The third-order valence-corrected chi connectivity index (χ3v) is 2.66. The Morgan fingerprint density at radius 3 is 2.93 bits per heavy atom. The SMILES string of the molecule is Cc1cccc(C#N)c1NCC1CC1. The number of hydrogen-bond acceptors (Lipinski definition) is 2. The molecular formula is C12H14N2. The second kappa shape index (κ2) is 3.71. The monoisotopic (exact) mass is 186 g/mol. The molecule has 1 aliphatic carbocycles. The summed E-state index contributed by atoms with van der Waals surface area (Å²) >= 11 is 0. The molecule has 1 saturated carbocycles. The highest BCUT2D eigenvalue weighted by atomic mass is 14.9. The highest BCUT2D eigenvalue weighted by Crippen LogP contribution is 2.30. The zero-order chi connectivity index (χ0) is 9.97. The van der Waals surface area contributed by atoms with Crippen LogP contribution in [0, 0.1) is 24.2 Å². The Morgan fingerprint density at radius 1 is 1.50 bits per heavy atom. The highest BCUT2D eigenvalue weighted by Gasteiger charge is 2.21. The topological polar surface area (TPSA) is 35.8 Å². The van der Waals surface area contributed by atoms with E-state index in [9.17, 15) is 0 Å². The van der Waals surface area contributed by atoms with Crippen LogP contribution in [-0.2, 0) is 0 Å². The third-order valence-electron chi connectivity index (χ3n) is 2.66. The molecule has 1 fully saturated rings. The van der Waals surface area contributed by atoms with Gasteiger partial charge < -0.3 is 5.32 Å². The van der Waals surface area contributed by atoms with Crippen LogP contribution in [0.4, 0.5) is 5.69 Å². The summed E-state index contributed by atoms with van der Waals surface area (Å²) in [6, 6.07) is 8.05. The van der Waals surface area contributed by atoms with Gasteiger partial charge in [-0.25, -0.2) is 0 Å². The van der Waals surface area contributed by atoms with Crippen molar-refractivity contribution in [1.82, 2.24) is 0 Å². The van der Waals surface area contributed by atoms with Gasteiger partial charge in [0.2, 0.25) is 0 Å². The summed E-state index contributed by atoms with van der Waals surface area (Å²) in [6.07, 6.45) is 2.67. The van der Waals surface area contributed by atoms with Crippen LogP contribution >= 0.6 is 0 Å². The van der Waals surface area contributed by atoms with Crippen molar-refractivity contribution >= 4 is 5.69 Å². The quantitative estimate of drug-likeness (QED) is 0.787. The van der Waals surface area contributed by atoms with Crippen molar-refractivity contribution in [3.63, 3.8) is 0 Å². The van der Waals surface area contributed by atoms with E-state index in [-0.39, 0.29) is 0 Å². The Balaban J connectivity index is 2.16. The minimum atomic E-state index is 0.755. The molecule has 0 bridgehead atoms. The second-order valence-corrected chi connectivity index (χ2v) is 3.93. The first-order valence-electron chi connectivity index (χ1n) is 5.05. The van der Waals surface area contributed by atoms with Crippen molar-refractivity contribution in [2.45, 2.75) is 19.8 Å². The van der Waals surface area contributed by atoms with Crippen molar-refractivity contribution in [1.29, 1.82) is 5.26 Å². The van der Waals surface area contributed by atoms with Crippen LogP contribution < -0.4 is 5.32 Å². The van der Waals surface area contributed by atoms with E-state index in [4.69, 9.17) is 5.26 Å². The Kier molecular flexibility index (Phi) is 2.41. The zero-order valence-corrected chi connectivity index (χ0v) is 8.38. The first kappa shape index (κ1) is 9.08. The summed E-state index contributed by atoms with van der Waals surface area (Å²) in [5.41, 5.74) is 2.93. The second-order valence-electron chi connectivity index (χ2n) is 3.93. The Labute approximate surface area is 84.6 Å². The van der Waals surface area contributed by atoms with Crippen LogP contribution in [-0.4, -0.2) is 6.54 Å². The van der Waals surface area contributed by atoms with E-state index in [1.54, 1.807) is 0 Å². The molecular weight excluding hydrogens is 172 g/mol. The molecule has 0 aliphatic heterocycles. The smallest absolute Gasteiger partial charge is 0.101 e. The third kappa shape index (κ3) is 1.88. The lowest BCUT2D eigenvalue weighted by molar-refractivity contribution is 0.887. The van der Waals surface area contributed by atoms with Crippen LogP contribution in [0.25, 0.3) is 0 Å². The van der Waals surface area contributed by atoms with Gasteiger partial charge in [0.15, 0.2) is 0 Å². The van der Waals surface area contributed by atoms with Crippen molar-refractivity contribution in [3.8, 4) is 6.07 Å². The van der Waals surface area contributed by atoms with E-state index < -0.39 is 0 Å². The van der Waals surface area contributed by atoms with Gasteiger partial charge in [0.1, 0.15) is 6.07 Å². The standard InChI is InChI=1S/C12H14N2/c1-9-3-2-4-11(7-13)12(9)14-8-10-5-6-10/h2-4,10,14H,5-6,8H2,1H3. The fraction of sp³-hybridized carbons (Fsp3) is 0.417. The van der Waals surface area contributed by atoms with E-state index in [0.29, 0.717) is 0 Å². The highest BCUT2D eigenvalue weighted by molar-refractivity contribution is 5.62. The van der Waals surface area contributed by atoms with Gasteiger partial charge in [0.25, 0.3) is 0 Å². The molecule has 0 spiro atoms. The summed E-state index contributed by atoms with van der Waals surface area (Å²) in [4.78, 5) is 0. The Hall–Kier alpha value is -1.49. The van der Waals surface area contributed by atoms with Gasteiger partial charge in [0, 0.05) is 6.54 Å². The van der Waals surface area contributed by atoms with Gasteiger partial charge in [-0.05, 0) is 37.3 Å². The first-order valence-corrected chi connectivity index (χ1v) is 5.05. The van der Waals surface area contributed by atoms with Gasteiger partial charge in [-0.3, -0.25) is 0 Å². The van der Waals surface area contributed by atoms with E-state index in [1.165, 1.54) is 12.8 Å². The van der Waals surface area contributed by atoms with Crippen molar-refractivity contribution in [2.75, 3.05) is 11.9 Å².